The number of sulfonamides is 1. The summed E-state index contributed by atoms with van der Waals surface area (Å²) in [6.45, 7) is 2.69. The average Bonchev–Trinajstić information content (AvgIpc) is 2.87. The van der Waals surface area contributed by atoms with Gasteiger partial charge in [-0.15, -0.1) is 0 Å². The Balaban J connectivity index is 1.84. The van der Waals surface area contributed by atoms with Crippen LogP contribution in [-0.4, -0.2) is 51.2 Å². The minimum atomic E-state index is -4.74. The maximum atomic E-state index is 13.8. The van der Waals surface area contributed by atoms with Gasteiger partial charge in [-0.3, -0.25) is 9.10 Å². The molecule has 4 rings (SSSR count). The van der Waals surface area contributed by atoms with Gasteiger partial charge < -0.3 is 14.7 Å². The van der Waals surface area contributed by atoms with Gasteiger partial charge in [0.25, 0.3) is 10.0 Å². The maximum Gasteiger partial charge on any atom is 0.416 e. The minimum absolute atomic E-state index is 0.0371. The maximum absolute atomic E-state index is 13.8. The molecule has 1 N–H and O–H groups in total. The van der Waals surface area contributed by atoms with E-state index >= 15 is 0 Å². The zero-order valence-corrected chi connectivity index (χ0v) is 22.5. The Hall–Kier alpha value is -3.80. The van der Waals surface area contributed by atoms with E-state index in [4.69, 9.17) is 4.74 Å². The number of hydrogen-bond acceptors (Lipinski definition) is 6. The minimum Gasteiger partial charge on any atom is -0.486 e. The molecule has 0 spiro atoms. The van der Waals surface area contributed by atoms with Crippen LogP contribution in [0.1, 0.15) is 25.8 Å². The number of alkyl halides is 3. The highest BCUT2D eigenvalue weighted by atomic mass is 32.2. The number of fused-ring (bicyclic) bond motifs is 1. The third-order valence-electron chi connectivity index (χ3n) is 6.45. The van der Waals surface area contributed by atoms with Gasteiger partial charge >= 0.3 is 12.1 Å². The average molecular weight is 564 g/mol. The Labute approximate surface area is 224 Å². The van der Waals surface area contributed by atoms with Gasteiger partial charge in [0.05, 0.1) is 33.8 Å². The van der Waals surface area contributed by atoms with E-state index < -0.39 is 44.1 Å². The van der Waals surface area contributed by atoms with E-state index in [2.05, 4.69) is 4.98 Å². The molecule has 8 nitrogen and oxygen atoms in total. The largest absolute Gasteiger partial charge is 0.486 e. The van der Waals surface area contributed by atoms with E-state index in [-0.39, 0.29) is 24.4 Å². The van der Waals surface area contributed by atoms with Crippen LogP contribution in [0.15, 0.2) is 65.6 Å². The van der Waals surface area contributed by atoms with E-state index in [1.807, 2.05) is 25.1 Å². The SMILES string of the molecule is CN(C)c1cccc(-c2ccc3c(c2)N(S(=O)(=O)c2cccc(C(F)(F)F)c2)CC(CC(C)(C)C(=O)O)O3)n1. The molecule has 0 bridgehead atoms. The number of halogens is 3. The summed E-state index contributed by atoms with van der Waals surface area (Å²) in [6, 6.07) is 13.7. The van der Waals surface area contributed by atoms with Crippen molar-refractivity contribution in [2.75, 3.05) is 29.8 Å². The van der Waals surface area contributed by atoms with E-state index in [0.29, 0.717) is 23.1 Å². The normalized spacial score (nSPS) is 15.9. The fraction of sp³-hybridized carbons (Fsp3) is 0.333. The summed E-state index contributed by atoms with van der Waals surface area (Å²) < 4.78 is 74.9. The van der Waals surface area contributed by atoms with Crippen LogP contribution in [0.4, 0.5) is 24.7 Å². The van der Waals surface area contributed by atoms with Crippen molar-refractivity contribution in [2.45, 2.75) is 37.4 Å². The van der Waals surface area contributed by atoms with Crippen molar-refractivity contribution in [1.29, 1.82) is 0 Å². The smallest absolute Gasteiger partial charge is 0.416 e. The van der Waals surface area contributed by atoms with Crippen LogP contribution in [0.25, 0.3) is 11.3 Å². The quantitative estimate of drug-likeness (QED) is 0.417. The molecule has 1 aliphatic rings. The molecule has 208 valence electrons. The van der Waals surface area contributed by atoms with Crippen molar-refractivity contribution in [1.82, 2.24) is 4.98 Å². The molecule has 2 aromatic carbocycles. The van der Waals surface area contributed by atoms with Gasteiger partial charge in [0, 0.05) is 26.1 Å². The van der Waals surface area contributed by atoms with Crippen LogP contribution in [0, 0.1) is 5.41 Å². The van der Waals surface area contributed by atoms with E-state index in [1.165, 1.54) is 13.8 Å². The number of carboxylic acids is 1. The zero-order chi connectivity index (χ0) is 28.8. The highest BCUT2D eigenvalue weighted by molar-refractivity contribution is 7.92. The number of ether oxygens (including phenoxy) is 1. The molecule has 0 saturated carbocycles. The molecular weight excluding hydrogens is 535 g/mol. The van der Waals surface area contributed by atoms with Gasteiger partial charge in [-0.1, -0.05) is 12.1 Å². The molecular formula is C27H28F3N3O5S. The van der Waals surface area contributed by atoms with Crippen LogP contribution in [0.5, 0.6) is 5.75 Å². The molecule has 39 heavy (non-hydrogen) atoms. The van der Waals surface area contributed by atoms with Gasteiger partial charge in [0.15, 0.2) is 0 Å². The number of carboxylic acid groups (broad SMARTS) is 1. The molecule has 1 atom stereocenters. The van der Waals surface area contributed by atoms with Gasteiger partial charge in [-0.05, 0) is 62.4 Å². The lowest BCUT2D eigenvalue weighted by Crippen LogP contribution is -2.46. The third-order valence-corrected chi connectivity index (χ3v) is 8.22. The third kappa shape index (κ3) is 5.80. The molecule has 0 fully saturated rings. The molecule has 0 amide bonds. The first-order valence-corrected chi connectivity index (χ1v) is 13.4. The van der Waals surface area contributed by atoms with E-state index in [9.17, 15) is 31.5 Å². The second-order valence-corrected chi connectivity index (χ2v) is 12.0. The summed E-state index contributed by atoms with van der Waals surface area (Å²) in [5.74, 6) is -0.257. The number of hydrogen-bond donors (Lipinski definition) is 1. The van der Waals surface area contributed by atoms with Crippen LogP contribution in [-0.2, 0) is 21.0 Å². The Morgan fingerprint density at radius 3 is 2.44 bits per heavy atom. The number of carbonyl (C=O) groups is 1. The van der Waals surface area contributed by atoms with E-state index in [1.54, 1.807) is 30.3 Å². The zero-order valence-electron chi connectivity index (χ0n) is 21.7. The summed E-state index contributed by atoms with van der Waals surface area (Å²) in [5.41, 5.74) is -1.11. The number of pyridine rings is 1. The van der Waals surface area contributed by atoms with Gasteiger partial charge in [0.1, 0.15) is 17.7 Å². The standard InChI is InChI=1S/C27H28F3N3O5S/c1-26(2,25(34)35)15-19-16-33(39(36,37)20-8-5-7-18(14-20)27(28,29)30)22-13-17(11-12-23(22)38-19)21-9-6-10-24(31-21)32(3)4/h5-14,19H,15-16H2,1-4H3,(H,34,35). The van der Waals surface area contributed by atoms with Crippen molar-refractivity contribution >= 4 is 27.5 Å². The monoisotopic (exact) mass is 563 g/mol. The summed E-state index contributed by atoms with van der Waals surface area (Å²) in [6.07, 6.45) is -5.64. The summed E-state index contributed by atoms with van der Waals surface area (Å²) >= 11 is 0. The van der Waals surface area contributed by atoms with Crippen LogP contribution in [0.2, 0.25) is 0 Å². The first kappa shape index (κ1) is 28.2. The summed E-state index contributed by atoms with van der Waals surface area (Å²) in [4.78, 5) is 17.6. The molecule has 1 unspecified atom stereocenters. The Morgan fingerprint density at radius 2 is 1.79 bits per heavy atom. The molecule has 0 radical (unpaired) electrons. The molecule has 12 heteroatoms. The van der Waals surface area contributed by atoms with Crippen LogP contribution < -0.4 is 13.9 Å². The van der Waals surface area contributed by atoms with Crippen LogP contribution >= 0.6 is 0 Å². The number of nitrogens with zero attached hydrogens (tertiary/aromatic N) is 3. The fourth-order valence-electron chi connectivity index (χ4n) is 4.25. The predicted octanol–water partition coefficient (Wildman–Crippen LogP) is 5.29. The van der Waals surface area contributed by atoms with Crippen LogP contribution in [0.3, 0.4) is 0 Å². The highest BCUT2D eigenvalue weighted by Gasteiger charge is 2.40. The number of aromatic nitrogens is 1. The molecule has 3 aromatic rings. The molecule has 0 aliphatic carbocycles. The first-order chi connectivity index (χ1) is 18.1. The first-order valence-electron chi connectivity index (χ1n) is 12.0. The van der Waals surface area contributed by atoms with Crippen molar-refractivity contribution in [3.8, 4) is 17.0 Å². The van der Waals surface area contributed by atoms with Crippen molar-refractivity contribution in [3.63, 3.8) is 0 Å². The number of anilines is 2. The number of rotatable bonds is 7. The topological polar surface area (TPSA) is 100 Å². The molecule has 1 aromatic heterocycles. The van der Waals surface area contributed by atoms with Crippen molar-refractivity contribution in [3.05, 3.63) is 66.2 Å². The summed E-state index contributed by atoms with van der Waals surface area (Å²) in [7, 11) is -0.854. The molecule has 1 aliphatic heterocycles. The Kier molecular flexibility index (Phi) is 7.28. The van der Waals surface area contributed by atoms with Crippen molar-refractivity contribution < 1.29 is 36.2 Å². The lowest BCUT2D eigenvalue weighted by atomic mass is 9.86. The second kappa shape index (κ2) is 10.1. The fourth-order valence-corrected chi connectivity index (χ4v) is 5.80. The Morgan fingerprint density at radius 1 is 1.10 bits per heavy atom. The lowest BCUT2D eigenvalue weighted by Gasteiger charge is -2.37. The number of aliphatic carboxylic acids is 1. The highest BCUT2D eigenvalue weighted by Crippen LogP contribution is 2.42. The number of benzene rings is 2. The summed E-state index contributed by atoms with van der Waals surface area (Å²) in [5, 5.41) is 9.60. The second-order valence-electron chi connectivity index (χ2n) is 10.2. The van der Waals surface area contributed by atoms with Gasteiger partial charge in [-0.2, -0.15) is 13.2 Å². The van der Waals surface area contributed by atoms with Gasteiger partial charge in [-0.25, -0.2) is 13.4 Å². The Bertz CT molecular complexity index is 1510. The lowest BCUT2D eigenvalue weighted by molar-refractivity contribution is -0.148. The molecule has 2 heterocycles. The predicted molar refractivity (Wildman–Crippen MR) is 140 cm³/mol. The van der Waals surface area contributed by atoms with E-state index in [0.717, 1.165) is 22.5 Å². The molecule has 0 saturated heterocycles. The van der Waals surface area contributed by atoms with Gasteiger partial charge in [0.2, 0.25) is 0 Å². The van der Waals surface area contributed by atoms with Crippen molar-refractivity contribution in [2.24, 2.45) is 5.41 Å².